The predicted octanol–water partition coefficient (Wildman–Crippen LogP) is 3.18. The zero-order valence-corrected chi connectivity index (χ0v) is 12.7. The van der Waals surface area contributed by atoms with Crippen molar-refractivity contribution in [3.05, 3.63) is 35.6 Å². The molecule has 2 rings (SSSR count). The molecule has 0 aromatic heterocycles. The second kappa shape index (κ2) is 8.13. The van der Waals surface area contributed by atoms with Crippen molar-refractivity contribution in [2.45, 2.75) is 44.6 Å². The Hall–Kier alpha value is -1.42. The van der Waals surface area contributed by atoms with Crippen molar-refractivity contribution in [1.82, 2.24) is 4.90 Å². The fraction of sp³-hybridized carbons (Fsp3) is 0.588. The first kappa shape index (κ1) is 16.0. The summed E-state index contributed by atoms with van der Waals surface area (Å²) >= 11 is 0. The van der Waals surface area contributed by atoms with Crippen molar-refractivity contribution >= 4 is 5.91 Å². The first-order chi connectivity index (χ1) is 10.1. The van der Waals surface area contributed by atoms with E-state index in [1.54, 1.807) is 17.0 Å². The molecule has 1 aromatic rings. The van der Waals surface area contributed by atoms with Crippen LogP contribution in [-0.4, -0.2) is 37.1 Å². The number of benzene rings is 1. The molecule has 1 fully saturated rings. The van der Waals surface area contributed by atoms with Crippen LogP contribution in [0.1, 0.15) is 37.7 Å². The van der Waals surface area contributed by atoms with Gasteiger partial charge in [-0.2, -0.15) is 0 Å². The zero-order chi connectivity index (χ0) is 15.1. The SMILES string of the molecule is CN(CCC1CCCCO1)C(=O)CCc1ccc(F)cc1. The van der Waals surface area contributed by atoms with Gasteiger partial charge in [0.25, 0.3) is 0 Å². The summed E-state index contributed by atoms with van der Waals surface area (Å²) < 4.78 is 18.5. The molecule has 3 nitrogen and oxygen atoms in total. The van der Waals surface area contributed by atoms with Crippen molar-refractivity contribution in [3.63, 3.8) is 0 Å². The molecular weight excluding hydrogens is 269 g/mol. The van der Waals surface area contributed by atoms with Gasteiger partial charge in [-0.3, -0.25) is 4.79 Å². The van der Waals surface area contributed by atoms with Gasteiger partial charge in [-0.05, 0) is 49.8 Å². The molecule has 0 radical (unpaired) electrons. The number of halogens is 1. The van der Waals surface area contributed by atoms with Crippen molar-refractivity contribution in [2.75, 3.05) is 20.2 Å². The minimum atomic E-state index is -0.241. The topological polar surface area (TPSA) is 29.5 Å². The summed E-state index contributed by atoms with van der Waals surface area (Å²) in [6.45, 7) is 1.60. The highest BCUT2D eigenvalue weighted by Gasteiger charge is 2.16. The lowest BCUT2D eigenvalue weighted by Gasteiger charge is -2.25. The normalized spacial score (nSPS) is 18.5. The molecule has 21 heavy (non-hydrogen) atoms. The summed E-state index contributed by atoms with van der Waals surface area (Å²) in [6.07, 6.45) is 5.84. The fourth-order valence-electron chi connectivity index (χ4n) is 2.59. The highest BCUT2D eigenvalue weighted by molar-refractivity contribution is 5.76. The minimum Gasteiger partial charge on any atom is -0.378 e. The molecule has 1 aromatic carbocycles. The van der Waals surface area contributed by atoms with Gasteiger partial charge in [-0.25, -0.2) is 4.39 Å². The van der Waals surface area contributed by atoms with E-state index < -0.39 is 0 Å². The Kier molecular flexibility index (Phi) is 6.18. The molecule has 1 amide bonds. The third kappa shape index (κ3) is 5.46. The van der Waals surface area contributed by atoms with E-state index >= 15 is 0 Å². The molecule has 4 heteroatoms. The molecule has 1 aliphatic heterocycles. The molecule has 116 valence electrons. The Morgan fingerprint density at radius 2 is 2.10 bits per heavy atom. The number of ether oxygens (including phenoxy) is 1. The summed E-state index contributed by atoms with van der Waals surface area (Å²) in [7, 11) is 1.84. The van der Waals surface area contributed by atoms with Gasteiger partial charge in [0.2, 0.25) is 5.91 Å². The molecular formula is C17H24FNO2. The van der Waals surface area contributed by atoms with E-state index in [1.807, 2.05) is 7.05 Å². The van der Waals surface area contributed by atoms with Crippen LogP contribution in [0.3, 0.4) is 0 Å². The maximum atomic E-state index is 12.8. The van der Waals surface area contributed by atoms with E-state index in [0.29, 0.717) is 18.9 Å². The fourth-order valence-corrected chi connectivity index (χ4v) is 2.59. The second-order valence-electron chi connectivity index (χ2n) is 5.72. The molecule has 1 atom stereocenters. The molecule has 1 heterocycles. The summed E-state index contributed by atoms with van der Waals surface area (Å²) in [5, 5.41) is 0. The summed E-state index contributed by atoms with van der Waals surface area (Å²) in [6, 6.07) is 6.34. The van der Waals surface area contributed by atoms with Crippen molar-refractivity contribution in [1.29, 1.82) is 0 Å². The molecule has 0 saturated carbocycles. The van der Waals surface area contributed by atoms with Gasteiger partial charge >= 0.3 is 0 Å². The van der Waals surface area contributed by atoms with Crippen LogP contribution >= 0.6 is 0 Å². The van der Waals surface area contributed by atoms with Crippen LogP contribution < -0.4 is 0 Å². The smallest absolute Gasteiger partial charge is 0.222 e. The largest absolute Gasteiger partial charge is 0.378 e. The highest BCUT2D eigenvalue weighted by Crippen LogP contribution is 2.16. The van der Waals surface area contributed by atoms with Crippen molar-refractivity contribution in [3.8, 4) is 0 Å². The van der Waals surface area contributed by atoms with E-state index in [-0.39, 0.29) is 11.7 Å². The highest BCUT2D eigenvalue weighted by atomic mass is 19.1. The third-order valence-corrected chi connectivity index (χ3v) is 4.03. The summed E-state index contributed by atoms with van der Waals surface area (Å²) in [4.78, 5) is 13.8. The van der Waals surface area contributed by atoms with Gasteiger partial charge < -0.3 is 9.64 Å². The molecule has 0 spiro atoms. The van der Waals surface area contributed by atoms with Crippen LogP contribution in [0.25, 0.3) is 0 Å². The lowest BCUT2D eigenvalue weighted by molar-refractivity contribution is -0.130. The first-order valence-electron chi connectivity index (χ1n) is 7.75. The summed E-state index contributed by atoms with van der Waals surface area (Å²) in [5.74, 6) is -0.107. The minimum absolute atomic E-state index is 0.134. The number of aryl methyl sites for hydroxylation is 1. The molecule has 1 saturated heterocycles. The van der Waals surface area contributed by atoms with Crippen molar-refractivity contribution < 1.29 is 13.9 Å². The number of carbonyl (C=O) groups excluding carboxylic acids is 1. The van der Waals surface area contributed by atoms with Crippen LogP contribution in [0.4, 0.5) is 4.39 Å². The van der Waals surface area contributed by atoms with E-state index in [0.717, 1.165) is 38.0 Å². The second-order valence-corrected chi connectivity index (χ2v) is 5.72. The van der Waals surface area contributed by atoms with Gasteiger partial charge in [0.15, 0.2) is 0 Å². The lowest BCUT2D eigenvalue weighted by atomic mass is 10.1. The average Bonchev–Trinajstić information content (AvgIpc) is 2.52. The number of hydrogen-bond donors (Lipinski definition) is 0. The standard InChI is InChI=1S/C17H24FNO2/c1-19(12-11-16-4-2-3-13-21-16)17(20)10-7-14-5-8-15(18)9-6-14/h5-6,8-9,16H,2-4,7,10-13H2,1H3. The van der Waals surface area contributed by atoms with Crippen molar-refractivity contribution in [2.24, 2.45) is 0 Å². The molecule has 1 unspecified atom stereocenters. The van der Waals surface area contributed by atoms with Gasteiger partial charge in [0.05, 0.1) is 6.10 Å². The van der Waals surface area contributed by atoms with Crippen LogP contribution in [-0.2, 0) is 16.0 Å². The zero-order valence-electron chi connectivity index (χ0n) is 12.7. The van der Waals surface area contributed by atoms with Crippen LogP contribution in [0.5, 0.6) is 0 Å². The van der Waals surface area contributed by atoms with Gasteiger partial charge in [-0.15, -0.1) is 0 Å². The Morgan fingerprint density at radius 3 is 2.76 bits per heavy atom. The van der Waals surface area contributed by atoms with Gasteiger partial charge in [0, 0.05) is 26.6 Å². The van der Waals surface area contributed by atoms with E-state index in [9.17, 15) is 9.18 Å². The predicted molar refractivity (Wildman–Crippen MR) is 80.6 cm³/mol. The van der Waals surface area contributed by atoms with Crippen LogP contribution in [0.15, 0.2) is 24.3 Å². The first-order valence-corrected chi connectivity index (χ1v) is 7.75. The van der Waals surface area contributed by atoms with E-state index in [1.165, 1.54) is 18.6 Å². The maximum absolute atomic E-state index is 12.8. The van der Waals surface area contributed by atoms with E-state index in [2.05, 4.69) is 0 Å². The van der Waals surface area contributed by atoms with Gasteiger partial charge in [-0.1, -0.05) is 12.1 Å². The molecule has 1 aliphatic rings. The number of carbonyl (C=O) groups is 1. The number of amides is 1. The molecule has 0 N–H and O–H groups in total. The number of rotatable bonds is 6. The van der Waals surface area contributed by atoms with Crippen LogP contribution in [0.2, 0.25) is 0 Å². The third-order valence-electron chi connectivity index (χ3n) is 4.03. The number of nitrogens with zero attached hydrogens (tertiary/aromatic N) is 1. The quantitative estimate of drug-likeness (QED) is 0.806. The van der Waals surface area contributed by atoms with Gasteiger partial charge in [0.1, 0.15) is 5.82 Å². The Morgan fingerprint density at radius 1 is 1.33 bits per heavy atom. The van der Waals surface area contributed by atoms with E-state index in [4.69, 9.17) is 4.74 Å². The number of hydrogen-bond acceptors (Lipinski definition) is 2. The lowest BCUT2D eigenvalue weighted by Crippen LogP contribution is -2.31. The Balaban J connectivity index is 1.68. The maximum Gasteiger partial charge on any atom is 0.222 e. The Bertz CT molecular complexity index is 441. The summed E-state index contributed by atoms with van der Waals surface area (Å²) in [5.41, 5.74) is 0.994. The molecule has 0 bridgehead atoms. The van der Waals surface area contributed by atoms with Crippen LogP contribution in [0, 0.1) is 5.82 Å². The molecule has 0 aliphatic carbocycles. The monoisotopic (exact) mass is 293 g/mol. The Labute approximate surface area is 126 Å². The average molecular weight is 293 g/mol.